The minimum absolute atomic E-state index is 0.0503. The maximum atomic E-state index is 12.8. The summed E-state index contributed by atoms with van der Waals surface area (Å²) in [7, 11) is 5.53. The van der Waals surface area contributed by atoms with Gasteiger partial charge < -0.3 is 23.8 Å². The van der Waals surface area contributed by atoms with E-state index in [1.165, 1.54) is 70.6 Å². The Bertz CT molecular complexity index is 1410. The molecule has 0 bridgehead atoms. The fourth-order valence-electron chi connectivity index (χ4n) is 7.43. The Morgan fingerprint density at radius 2 is 0.791 bits per heavy atom. The number of carboxylic acid groups (broad SMARTS) is 1. The Balaban J connectivity index is 4.25. The molecule has 8 heteroatoms. The van der Waals surface area contributed by atoms with Gasteiger partial charge in [0.1, 0.15) is 6.61 Å². The number of rotatable bonds is 47. The van der Waals surface area contributed by atoms with E-state index < -0.39 is 18.1 Å². The third kappa shape index (κ3) is 47.1. The highest BCUT2D eigenvalue weighted by atomic mass is 16.6. The van der Waals surface area contributed by atoms with Gasteiger partial charge in [0, 0.05) is 19.3 Å². The zero-order valence-corrected chi connectivity index (χ0v) is 43.6. The number of unbranched alkanes of at least 4 members (excludes halogenated alkanes) is 17. The molecule has 382 valence electrons. The first-order valence-electron chi connectivity index (χ1n) is 26.8. The molecule has 0 amide bonds. The molecular formula is C59H100NO7+. The topological polar surface area (TPSA) is 99.1 Å². The SMILES string of the molecule is CC/C=C/C/C=C/C/C=C/C/C=C/CCCCCCCCCCCCC(=O)OCC(COCCC(C(=O)O)[N+](C)(C)C)OC(=O)CCCCCCCCC/C=C/C/C=C/C/C=C/C/C=C/CC. The van der Waals surface area contributed by atoms with E-state index in [-0.39, 0.29) is 36.2 Å². The van der Waals surface area contributed by atoms with Crippen molar-refractivity contribution in [2.75, 3.05) is 41.0 Å². The van der Waals surface area contributed by atoms with E-state index in [4.69, 9.17) is 14.2 Å². The van der Waals surface area contributed by atoms with E-state index in [1.54, 1.807) is 0 Å². The maximum Gasteiger partial charge on any atom is 0.362 e. The number of carboxylic acids is 1. The normalized spacial score (nSPS) is 13.6. The lowest BCUT2D eigenvalue weighted by Gasteiger charge is -2.31. The lowest BCUT2D eigenvalue weighted by molar-refractivity contribution is -0.887. The molecule has 0 saturated heterocycles. The van der Waals surface area contributed by atoms with E-state index in [2.05, 4.69) is 111 Å². The first-order valence-corrected chi connectivity index (χ1v) is 26.8. The van der Waals surface area contributed by atoms with Gasteiger partial charge in [-0.15, -0.1) is 0 Å². The molecule has 0 aliphatic heterocycles. The number of ether oxygens (including phenoxy) is 3. The minimum atomic E-state index is -0.880. The molecule has 1 N–H and O–H groups in total. The Morgan fingerprint density at radius 1 is 0.448 bits per heavy atom. The van der Waals surface area contributed by atoms with Crippen molar-refractivity contribution in [3.8, 4) is 0 Å². The molecule has 0 aromatic heterocycles. The molecule has 0 heterocycles. The number of allylic oxidation sites excluding steroid dienone is 16. The Labute approximate surface area is 411 Å². The van der Waals surface area contributed by atoms with Crippen molar-refractivity contribution in [3.63, 3.8) is 0 Å². The fourth-order valence-corrected chi connectivity index (χ4v) is 7.43. The molecule has 0 spiro atoms. The molecule has 2 unspecified atom stereocenters. The van der Waals surface area contributed by atoms with Gasteiger partial charge in [0.05, 0.1) is 34.4 Å². The van der Waals surface area contributed by atoms with Crippen LogP contribution < -0.4 is 0 Å². The second kappa shape index (κ2) is 48.7. The van der Waals surface area contributed by atoms with E-state index >= 15 is 0 Å². The van der Waals surface area contributed by atoms with Crippen molar-refractivity contribution in [2.24, 2.45) is 0 Å². The van der Waals surface area contributed by atoms with Crippen LogP contribution in [0, 0.1) is 0 Å². The van der Waals surface area contributed by atoms with Crippen molar-refractivity contribution in [2.45, 2.75) is 219 Å². The average molecular weight is 935 g/mol. The van der Waals surface area contributed by atoms with Crippen molar-refractivity contribution in [1.82, 2.24) is 0 Å². The molecule has 0 aliphatic rings. The van der Waals surface area contributed by atoms with E-state index in [9.17, 15) is 19.5 Å². The van der Waals surface area contributed by atoms with Crippen LogP contribution >= 0.6 is 0 Å². The van der Waals surface area contributed by atoms with Gasteiger partial charge in [-0.3, -0.25) is 9.59 Å². The van der Waals surface area contributed by atoms with Crippen LogP contribution in [0.4, 0.5) is 0 Å². The van der Waals surface area contributed by atoms with Crippen LogP contribution in [0.3, 0.4) is 0 Å². The number of likely N-dealkylation sites (N-methyl/N-ethyl adjacent to an activating group) is 1. The summed E-state index contributed by atoms with van der Waals surface area (Å²) in [6.45, 7) is 4.50. The molecule has 8 nitrogen and oxygen atoms in total. The summed E-state index contributed by atoms with van der Waals surface area (Å²) < 4.78 is 17.4. The second-order valence-electron chi connectivity index (χ2n) is 18.7. The number of esters is 2. The molecular weight excluding hydrogens is 835 g/mol. The van der Waals surface area contributed by atoms with E-state index in [0.717, 1.165) is 103 Å². The van der Waals surface area contributed by atoms with E-state index in [1.807, 2.05) is 21.1 Å². The van der Waals surface area contributed by atoms with Gasteiger partial charge in [0.15, 0.2) is 12.1 Å². The van der Waals surface area contributed by atoms with Crippen LogP contribution in [0.1, 0.15) is 206 Å². The predicted octanol–water partition coefficient (Wildman–Crippen LogP) is 15.8. The monoisotopic (exact) mass is 935 g/mol. The molecule has 2 atom stereocenters. The van der Waals surface area contributed by atoms with Crippen molar-refractivity contribution < 1.29 is 38.2 Å². The lowest BCUT2D eigenvalue weighted by atomic mass is 10.1. The quantitative estimate of drug-likeness (QED) is 0.0281. The van der Waals surface area contributed by atoms with Gasteiger partial charge >= 0.3 is 17.9 Å². The molecule has 67 heavy (non-hydrogen) atoms. The summed E-state index contributed by atoms with van der Waals surface area (Å²) in [6.07, 6.45) is 66.0. The van der Waals surface area contributed by atoms with E-state index in [0.29, 0.717) is 19.3 Å². The Kier molecular flexibility index (Phi) is 46.0. The number of nitrogens with zero attached hydrogens (tertiary/aromatic N) is 1. The highest BCUT2D eigenvalue weighted by molar-refractivity contribution is 5.72. The fraction of sp³-hybridized carbons (Fsp3) is 0.678. The second-order valence-corrected chi connectivity index (χ2v) is 18.7. The molecule has 0 radical (unpaired) electrons. The number of carbonyl (C=O) groups is 3. The van der Waals surface area contributed by atoms with Gasteiger partial charge in [-0.05, 0) is 89.9 Å². The largest absolute Gasteiger partial charge is 0.477 e. The van der Waals surface area contributed by atoms with Crippen LogP contribution in [0.15, 0.2) is 97.2 Å². The average Bonchev–Trinajstić information content (AvgIpc) is 3.29. The zero-order valence-electron chi connectivity index (χ0n) is 43.6. The molecule has 0 saturated carbocycles. The molecule has 0 aromatic rings. The number of carbonyl (C=O) groups excluding carboxylic acids is 2. The van der Waals surface area contributed by atoms with Crippen molar-refractivity contribution in [3.05, 3.63) is 97.2 Å². The molecule has 0 fully saturated rings. The van der Waals surface area contributed by atoms with Crippen molar-refractivity contribution in [1.29, 1.82) is 0 Å². The first-order chi connectivity index (χ1) is 32.6. The third-order valence-corrected chi connectivity index (χ3v) is 11.5. The smallest absolute Gasteiger partial charge is 0.362 e. The Hall–Kier alpha value is -3.75. The van der Waals surface area contributed by atoms with Crippen LogP contribution in [0.25, 0.3) is 0 Å². The highest BCUT2D eigenvalue weighted by Gasteiger charge is 2.31. The predicted molar refractivity (Wildman–Crippen MR) is 284 cm³/mol. The highest BCUT2D eigenvalue weighted by Crippen LogP contribution is 2.15. The van der Waals surface area contributed by atoms with Crippen LogP contribution in [-0.4, -0.2) is 80.6 Å². The molecule has 0 aromatic carbocycles. The molecule has 0 aliphatic carbocycles. The summed E-state index contributed by atoms with van der Waals surface area (Å²) in [6, 6.07) is -0.623. The maximum absolute atomic E-state index is 12.8. The van der Waals surface area contributed by atoms with Gasteiger partial charge in [0.25, 0.3) is 0 Å². The van der Waals surface area contributed by atoms with Crippen LogP contribution in [0.2, 0.25) is 0 Å². The lowest BCUT2D eigenvalue weighted by Crippen LogP contribution is -2.50. The number of aliphatic carboxylic acids is 1. The summed E-state index contributed by atoms with van der Waals surface area (Å²) in [4.78, 5) is 37.2. The first kappa shape index (κ1) is 63.2. The standard InChI is InChI=1S/C59H99NO7/c1-6-8-10-12-14-16-18-20-22-24-26-28-29-30-32-33-35-37-39-41-43-45-47-49-57(61)66-54-55(53-65-52-51-56(59(63)64)60(3,4)5)67-58(62)50-48-46-44-42-40-38-36-34-31-27-25-23-21-19-17-15-13-11-9-7-2/h8-11,14-17,20-23,26-28,31,55-56H,6-7,12-13,18-19,24-25,29-30,32-54H2,1-5H3/p+1/b10-8+,11-9+,16-14+,17-15+,22-20+,23-21+,28-26+,31-27+. The van der Waals surface area contributed by atoms with Crippen LogP contribution in [-0.2, 0) is 28.6 Å². The summed E-state index contributed by atoms with van der Waals surface area (Å²) in [5.74, 6) is -1.49. The van der Waals surface area contributed by atoms with Gasteiger partial charge in [-0.1, -0.05) is 195 Å². The summed E-state index contributed by atoms with van der Waals surface area (Å²) in [5, 5.41) is 9.67. The number of hydrogen-bond donors (Lipinski definition) is 1. The van der Waals surface area contributed by atoms with Crippen LogP contribution in [0.5, 0.6) is 0 Å². The summed E-state index contributed by atoms with van der Waals surface area (Å²) >= 11 is 0. The van der Waals surface area contributed by atoms with Crippen molar-refractivity contribution >= 4 is 17.9 Å². The van der Waals surface area contributed by atoms with Gasteiger partial charge in [-0.2, -0.15) is 0 Å². The third-order valence-electron chi connectivity index (χ3n) is 11.5. The number of quaternary nitrogens is 1. The van der Waals surface area contributed by atoms with Gasteiger partial charge in [0.2, 0.25) is 0 Å². The molecule has 0 rings (SSSR count). The minimum Gasteiger partial charge on any atom is -0.477 e. The van der Waals surface area contributed by atoms with Gasteiger partial charge in [-0.25, -0.2) is 4.79 Å². The number of hydrogen-bond acceptors (Lipinski definition) is 6. The zero-order chi connectivity index (χ0) is 49.2. The summed E-state index contributed by atoms with van der Waals surface area (Å²) in [5.41, 5.74) is 0. The Morgan fingerprint density at radius 3 is 1.16 bits per heavy atom.